The average Bonchev–Trinajstić information content (AvgIpc) is 3.48. The van der Waals surface area contributed by atoms with Gasteiger partial charge >= 0.3 is 0 Å². The van der Waals surface area contributed by atoms with Gasteiger partial charge in [0.05, 0.1) is 5.57 Å². The lowest BCUT2D eigenvalue weighted by molar-refractivity contribution is -0.132. The number of hydrogen-bond acceptors (Lipinski definition) is 6. The number of hydrogen-bond donors (Lipinski definition) is 1. The number of fused-ring (bicyclic) bond motifs is 1. The second kappa shape index (κ2) is 6.79. The summed E-state index contributed by atoms with van der Waals surface area (Å²) in [6.07, 6.45) is 0. The molecule has 1 unspecified atom stereocenters. The van der Waals surface area contributed by atoms with Gasteiger partial charge in [0, 0.05) is 16.1 Å². The second-order valence-electron chi connectivity index (χ2n) is 6.59. The topological polar surface area (TPSA) is 76.1 Å². The molecule has 0 aliphatic carbocycles. The number of aliphatic hydroxyl groups is 1. The number of ketones is 1. The number of aliphatic hydroxyl groups excluding tert-OH is 1. The van der Waals surface area contributed by atoms with E-state index in [0.29, 0.717) is 22.7 Å². The minimum Gasteiger partial charge on any atom is -0.507 e. The lowest BCUT2D eigenvalue weighted by Crippen LogP contribution is -2.29. The van der Waals surface area contributed by atoms with Gasteiger partial charge in [0.15, 0.2) is 11.5 Å². The zero-order chi connectivity index (χ0) is 20.0. The number of carbonyl (C=O) groups is 2. The maximum Gasteiger partial charge on any atom is 0.300 e. The number of thiophene rings is 1. The first-order valence-corrected chi connectivity index (χ1v) is 9.82. The maximum absolute atomic E-state index is 13.0. The van der Waals surface area contributed by atoms with E-state index in [2.05, 4.69) is 0 Å². The van der Waals surface area contributed by atoms with E-state index < -0.39 is 17.7 Å². The zero-order valence-electron chi connectivity index (χ0n) is 15.1. The highest BCUT2D eigenvalue weighted by Crippen LogP contribution is 2.44. The smallest absolute Gasteiger partial charge is 0.300 e. The number of rotatable bonds is 3. The molecule has 0 spiro atoms. The van der Waals surface area contributed by atoms with Gasteiger partial charge < -0.3 is 14.6 Å². The summed E-state index contributed by atoms with van der Waals surface area (Å²) in [6.45, 7) is 0.104. The van der Waals surface area contributed by atoms with Crippen molar-refractivity contribution in [2.24, 2.45) is 0 Å². The minimum atomic E-state index is -0.720. The summed E-state index contributed by atoms with van der Waals surface area (Å²) >= 11 is 1.42. The third-order valence-electron chi connectivity index (χ3n) is 4.94. The quantitative estimate of drug-likeness (QED) is 0.403. The Morgan fingerprint density at radius 1 is 1.00 bits per heavy atom. The van der Waals surface area contributed by atoms with Crippen LogP contribution in [-0.2, 0) is 9.59 Å². The number of benzene rings is 2. The molecule has 6 nitrogen and oxygen atoms in total. The van der Waals surface area contributed by atoms with Crippen LogP contribution in [0.2, 0.25) is 0 Å². The van der Waals surface area contributed by atoms with Crippen molar-refractivity contribution in [1.29, 1.82) is 0 Å². The molecule has 2 aromatic carbocycles. The highest BCUT2D eigenvalue weighted by atomic mass is 32.1. The Labute approximate surface area is 170 Å². The van der Waals surface area contributed by atoms with E-state index in [1.54, 1.807) is 42.5 Å². The van der Waals surface area contributed by atoms with E-state index in [1.165, 1.54) is 16.2 Å². The van der Waals surface area contributed by atoms with Gasteiger partial charge in [-0.2, -0.15) is 0 Å². The van der Waals surface area contributed by atoms with Gasteiger partial charge in [-0.15, -0.1) is 11.3 Å². The first kappa shape index (κ1) is 17.5. The molecular formula is C22H15NO5S. The molecule has 1 fully saturated rings. The van der Waals surface area contributed by atoms with Crippen LogP contribution in [0.1, 0.15) is 16.5 Å². The molecule has 0 radical (unpaired) electrons. The van der Waals surface area contributed by atoms with Crippen molar-refractivity contribution in [2.45, 2.75) is 6.04 Å². The van der Waals surface area contributed by atoms with Crippen LogP contribution < -0.4 is 14.4 Å². The summed E-state index contributed by atoms with van der Waals surface area (Å²) < 4.78 is 10.7. The normalized spacial score (nSPS) is 19.7. The SMILES string of the molecule is O=C1C(=O)N(c2ccccc2)C(c2cccs2)/C1=C(/O)c1ccc2c(c1)OCO2. The number of Topliss-reactive ketones (excluding diaryl/α,β-unsaturated/α-hetero) is 1. The lowest BCUT2D eigenvalue weighted by atomic mass is 9.99. The lowest BCUT2D eigenvalue weighted by Gasteiger charge is -2.24. The molecule has 0 bridgehead atoms. The summed E-state index contributed by atoms with van der Waals surface area (Å²) in [4.78, 5) is 28.1. The van der Waals surface area contributed by atoms with Crippen LogP contribution in [0, 0.1) is 0 Å². The molecule has 144 valence electrons. The molecule has 1 saturated heterocycles. The molecule has 0 saturated carbocycles. The molecule has 29 heavy (non-hydrogen) atoms. The standard InChI is InChI=1S/C22H15NO5S/c24-20(13-8-9-15-16(11-13)28-12-27-15)18-19(17-7-4-10-29-17)23(22(26)21(18)25)14-5-2-1-3-6-14/h1-11,19,24H,12H2/b20-18-. The molecule has 1 aromatic heterocycles. The van der Waals surface area contributed by atoms with Gasteiger partial charge in [-0.1, -0.05) is 24.3 Å². The summed E-state index contributed by atoms with van der Waals surface area (Å²) in [7, 11) is 0. The third-order valence-corrected chi connectivity index (χ3v) is 5.86. The van der Waals surface area contributed by atoms with Crippen LogP contribution in [0.5, 0.6) is 11.5 Å². The van der Waals surface area contributed by atoms with Gasteiger partial charge in [-0.05, 0) is 41.8 Å². The van der Waals surface area contributed by atoms with Crippen molar-refractivity contribution in [1.82, 2.24) is 0 Å². The fraction of sp³-hybridized carbons (Fsp3) is 0.0909. The first-order valence-electron chi connectivity index (χ1n) is 8.94. The van der Waals surface area contributed by atoms with Crippen molar-refractivity contribution in [2.75, 3.05) is 11.7 Å². The van der Waals surface area contributed by atoms with Crippen molar-refractivity contribution in [3.63, 3.8) is 0 Å². The highest BCUT2D eigenvalue weighted by molar-refractivity contribution is 7.10. The average molecular weight is 405 g/mol. The number of nitrogens with zero attached hydrogens (tertiary/aromatic N) is 1. The fourth-order valence-electron chi connectivity index (χ4n) is 3.60. The molecule has 2 aliphatic heterocycles. The second-order valence-corrected chi connectivity index (χ2v) is 7.57. The predicted octanol–water partition coefficient (Wildman–Crippen LogP) is 4.10. The molecule has 7 heteroatoms. The predicted molar refractivity (Wildman–Crippen MR) is 108 cm³/mol. The van der Waals surface area contributed by atoms with Gasteiger partial charge in [-0.3, -0.25) is 14.5 Å². The Bertz CT molecular complexity index is 1140. The number of para-hydroxylation sites is 1. The van der Waals surface area contributed by atoms with Crippen LogP contribution in [-0.4, -0.2) is 23.6 Å². The molecule has 2 aliphatic rings. The van der Waals surface area contributed by atoms with E-state index in [4.69, 9.17) is 9.47 Å². The van der Waals surface area contributed by atoms with Gasteiger partial charge in [0.2, 0.25) is 6.79 Å². The summed E-state index contributed by atoms with van der Waals surface area (Å²) in [5.41, 5.74) is 1.04. The maximum atomic E-state index is 13.0. The van der Waals surface area contributed by atoms with Gasteiger partial charge in [0.1, 0.15) is 11.8 Å². The molecule has 3 aromatic rings. The van der Waals surface area contributed by atoms with Crippen LogP contribution in [0.25, 0.3) is 5.76 Å². The molecular weight excluding hydrogens is 390 g/mol. The number of ether oxygens (including phenoxy) is 2. The number of carbonyl (C=O) groups excluding carboxylic acids is 2. The third kappa shape index (κ3) is 2.78. The van der Waals surface area contributed by atoms with Crippen LogP contribution in [0.3, 0.4) is 0 Å². The molecule has 1 amide bonds. The summed E-state index contributed by atoms with van der Waals surface area (Å²) in [6, 6.07) is 16.9. The van der Waals surface area contributed by atoms with E-state index in [-0.39, 0.29) is 18.1 Å². The fourth-order valence-corrected chi connectivity index (χ4v) is 4.43. The Morgan fingerprint density at radius 3 is 2.55 bits per heavy atom. The Balaban J connectivity index is 1.69. The van der Waals surface area contributed by atoms with Crippen molar-refractivity contribution in [3.8, 4) is 11.5 Å². The molecule has 3 heterocycles. The monoisotopic (exact) mass is 405 g/mol. The number of amides is 1. The van der Waals surface area contributed by atoms with Crippen LogP contribution in [0.4, 0.5) is 5.69 Å². The van der Waals surface area contributed by atoms with E-state index in [0.717, 1.165) is 4.88 Å². The van der Waals surface area contributed by atoms with E-state index in [9.17, 15) is 14.7 Å². The molecule has 1 atom stereocenters. The zero-order valence-corrected chi connectivity index (χ0v) is 15.9. The Kier molecular flexibility index (Phi) is 4.10. The largest absolute Gasteiger partial charge is 0.507 e. The van der Waals surface area contributed by atoms with Crippen molar-refractivity contribution in [3.05, 3.63) is 82.1 Å². The van der Waals surface area contributed by atoms with Crippen LogP contribution >= 0.6 is 11.3 Å². The first-order chi connectivity index (χ1) is 14.1. The van der Waals surface area contributed by atoms with Crippen molar-refractivity contribution >= 4 is 34.5 Å². The Hall–Kier alpha value is -3.58. The molecule has 5 rings (SSSR count). The molecule has 1 N–H and O–H groups in total. The highest BCUT2D eigenvalue weighted by Gasteiger charge is 2.47. The summed E-state index contributed by atoms with van der Waals surface area (Å²) in [5, 5.41) is 12.9. The van der Waals surface area contributed by atoms with Crippen LogP contribution in [0.15, 0.2) is 71.6 Å². The van der Waals surface area contributed by atoms with Gasteiger partial charge in [-0.25, -0.2) is 0 Å². The van der Waals surface area contributed by atoms with Crippen molar-refractivity contribution < 1.29 is 24.2 Å². The summed E-state index contributed by atoms with van der Waals surface area (Å²) in [5.74, 6) is -0.571. The van der Waals surface area contributed by atoms with E-state index >= 15 is 0 Å². The Morgan fingerprint density at radius 2 is 1.79 bits per heavy atom. The number of anilines is 1. The van der Waals surface area contributed by atoms with Gasteiger partial charge in [0.25, 0.3) is 11.7 Å². The minimum absolute atomic E-state index is 0.0557. The van der Waals surface area contributed by atoms with E-state index in [1.807, 2.05) is 23.6 Å².